The summed E-state index contributed by atoms with van der Waals surface area (Å²) in [5.74, 6) is -0.207. The Labute approximate surface area is 189 Å². The molecule has 0 aromatic carbocycles. The molecule has 0 bridgehead atoms. The third-order valence-corrected chi connectivity index (χ3v) is 6.81. The first-order valence-electron chi connectivity index (χ1n) is 12.0. The van der Waals surface area contributed by atoms with Crippen LogP contribution in [-0.4, -0.2) is 45.0 Å². The number of nitrogens with one attached hydrogen (secondary N) is 1. The molecular formula is C23H44NO6P. The Morgan fingerprint density at radius 3 is 2.06 bits per heavy atom. The molecule has 1 rings (SSSR count). The molecule has 31 heavy (non-hydrogen) atoms. The van der Waals surface area contributed by atoms with E-state index < -0.39 is 13.9 Å². The van der Waals surface area contributed by atoms with Gasteiger partial charge in [-0.3, -0.25) is 18.4 Å². The maximum Gasteiger partial charge on any atom is 0.475 e. The zero-order chi connectivity index (χ0) is 22.8. The van der Waals surface area contributed by atoms with Gasteiger partial charge in [0.1, 0.15) is 0 Å². The van der Waals surface area contributed by atoms with E-state index >= 15 is 0 Å². The number of allylic oxidation sites excluding steroid dienone is 1. The van der Waals surface area contributed by atoms with Crippen molar-refractivity contribution in [1.29, 1.82) is 0 Å². The summed E-state index contributed by atoms with van der Waals surface area (Å²) in [5.41, 5.74) is 0. The van der Waals surface area contributed by atoms with E-state index in [-0.39, 0.29) is 31.8 Å². The summed E-state index contributed by atoms with van der Waals surface area (Å²) < 4.78 is 33.1. The van der Waals surface area contributed by atoms with Gasteiger partial charge in [-0.05, 0) is 12.8 Å². The van der Waals surface area contributed by atoms with Crippen LogP contribution >= 0.6 is 7.82 Å². The van der Waals surface area contributed by atoms with Gasteiger partial charge in [0.05, 0.1) is 32.0 Å². The Bertz CT molecular complexity index is 532. The lowest BCUT2D eigenvalue weighted by Crippen LogP contribution is -2.45. The second-order valence-electron chi connectivity index (χ2n) is 8.17. The molecule has 2 atom stereocenters. The molecule has 1 saturated heterocycles. The summed E-state index contributed by atoms with van der Waals surface area (Å²) in [6, 6.07) is -0.477. The lowest BCUT2D eigenvalue weighted by atomic mass is 10.0. The molecule has 1 heterocycles. The van der Waals surface area contributed by atoms with Crippen molar-refractivity contribution in [2.24, 2.45) is 0 Å². The van der Waals surface area contributed by atoms with Crippen LogP contribution in [0.15, 0.2) is 12.2 Å². The van der Waals surface area contributed by atoms with Crippen molar-refractivity contribution in [3.05, 3.63) is 12.2 Å². The predicted molar refractivity (Wildman–Crippen MR) is 124 cm³/mol. The number of rotatable bonds is 19. The van der Waals surface area contributed by atoms with Crippen LogP contribution in [0.25, 0.3) is 0 Å². The minimum Gasteiger partial charge on any atom is -0.375 e. The van der Waals surface area contributed by atoms with E-state index in [0.717, 1.165) is 12.8 Å². The molecule has 0 radical (unpaired) electrons. The Kier molecular flexibility index (Phi) is 16.2. The Morgan fingerprint density at radius 2 is 1.55 bits per heavy atom. The van der Waals surface area contributed by atoms with E-state index in [9.17, 15) is 9.36 Å². The number of carbonyl (C=O) groups is 1. The van der Waals surface area contributed by atoms with Gasteiger partial charge in [0.15, 0.2) is 0 Å². The van der Waals surface area contributed by atoms with Crippen LogP contribution in [-0.2, 0) is 27.7 Å². The van der Waals surface area contributed by atoms with Gasteiger partial charge in [0.25, 0.3) is 0 Å². The topological polar surface area (TPSA) is 83.1 Å². The normalized spacial score (nSPS) is 17.8. The zero-order valence-corrected chi connectivity index (χ0v) is 20.7. The average molecular weight is 462 g/mol. The van der Waals surface area contributed by atoms with Crippen molar-refractivity contribution in [3.8, 4) is 0 Å². The van der Waals surface area contributed by atoms with Gasteiger partial charge in [-0.1, -0.05) is 83.3 Å². The Balaban J connectivity index is 2.22. The fraction of sp³-hybridized carbons (Fsp3) is 0.870. The summed E-state index contributed by atoms with van der Waals surface area (Å²) in [6.07, 6.45) is 19.2. The third kappa shape index (κ3) is 14.1. The molecule has 1 fully saturated rings. The number of hydrogen-bond donors (Lipinski definition) is 1. The first kappa shape index (κ1) is 28.3. The average Bonchev–Trinajstić information content (AvgIpc) is 3.18. The van der Waals surface area contributed by atoms with Crippen LogP contribution in [0.5, 0.6) is 0 Å². The van der Waals surface area contributed by atoms with E-state index in [1.807, 2.05) is 6.08 Å². The number of ether oxygens (including phenoxy) is 1. The lowest BCUT2D eigenvalue weighted by molar-refractivity contribution is -0.120. The van der Waals surface area contributed by atoms with Gasteiger partial charge in [0, 0.05) is 14.0 Å². The summed E-state index contributed by atoms with van der Waals surface area (Å²) >= 11 is 0. The van der Waals surface area contributed by atoms with Crippen molar-refractivity contribution < 1.29 is 27.7 Å². The van der Waals surface area contributed by atoms with Crippen LogP contribution in [0.1, 0.15) is 90.9 Å². The monoisotopic (exact) mass is 461 g/mol. The highest BCUT2D eigenvalue weighted by Gasteiger charge is 2.34. The Morgan fingerprint density at radius 1 is 1.00 bits per heavy atom. The van der Waals surface area contributed by atoms with E-state index in [2.05, 4.69) is 18.3 Å². The molecule has 0 aromatic rings. The van der Waals surface area contributed by atoms with Crippen LogP contribution < -0.4 is 5.32 Å². The van der Waals surface area contributed by atoms with E-state index in [1.54, 1.807) is 7.11 Å². The lowest BCUT2D eigenvalue weighted by Gasteiger charge is -2.25. The minimum absolute atomic E-state index is 0.0157. The molecular weight excluding hydrogens is 417 g/mol. The smallest absolute Gasteiger partial charge is 0.375 e. The first-order chi connectivity index (χ1) is 15.0. The van der Waals surface area contributed by atoms with Crippen molar-refractivity contribution in [3.63, 3.8) is 0 Å². The molecule has 8 heteroatoms. The van der Waals surface area contributed by atoms with Crippen LogP contribution in [0.2, 0.25) is 0 Å². The van der Waals surface area contributed by atoms with Crippen molar-refractivity contribution in [1.82, 2.24) is 5.32 Å². The number of amides is 1. The highest BCUT2D eigenvalue weighted by atomic mass is 31.2. The second-order valence-corrected chi connectivity index (χ2v) is 9.84. The van der Waals surface area contributed by atoms with Crippen LogP contribution in [0.4, 0.5) is 0 Å². The fourth-order valence-corrected chi connectivity index (χ4v) is 4.76. The summed E-state index contributed by atoms with van der Waals surface area (Å²) in [5, 5.41) is 2.80. The molecule has 1 aliphatic rings. The molecule has 1 N–H and O–H groups in total. The molecule has 0 aliphatic carbocycles. The van der Waals surface area contributed by atoms with Gasteiger partial charge >= 0.3 is 7.82 Å². The predicted octanol–water partition coefficient (Wildman–Crippen LogP) is 5.93. The van der Waals surface area contributed by atoms with Gasteiger partial charge in [-0.15, -0.1) is 0 Å². The quantitative estimate of drug-likeness (QED) is 0.146. The summed E-state index contributed by atoms with van der Waals surface area (Å²) in [6.45, 7) is 4.16. The van der Waals surface area contributed by atoms with Crippen molar-refractivity contribution >= 4 is 13.7 Å². The number of carbonyl (C=O) groups excluding carboxylic acids is 1. The van der Waals surface area contributed by atoms with E-state index in [0.29, 0.717) is 0 Å². The zero-order valence-electron chi connectivity index (χ0n) is 19.8. The molecule has 1 aliphatic heterocycles. The molecule has 182 valence electrons. The molecule has 7 nitrogen and oxygen atoms in total. The second kappa shape index (κ2) is 17.8. The first-order valence-corrected chi connectivity index (χ1v) is 13.5. The van der Waals surface area contributed by atoms with Gasteiger partial charge in [-0.2, -0.15) is 0 Å². The van der Waals surface area contributed by atoms with Gasteiger partial charge in [-0.25, -0.2) is 4.57 Å². The number of phosphoric ester groups is 1. The number of phosphoric acid groups is 1. The summed E-state index contributed by atoms with van der Waals surface area (Å²) in [7, 11) is -1.93. The van der Waals surface area contributed by atoms with E-state index in [4.69, 9.17) is 18.3 Å². The van der Waals surface area contributed by atoms with Crippen molar-refractivity contribution in [2.45, 2.75) is 103 Å². The third-order valence-electron chi connectivity index (χ3n) is 5.35. The Hall–Kier alpha value is -0.720. The highest BCUT2D eigenvalue weighted by Crippen LogP contribution is 2.52. The van der Waals surface area contributed by atoms with E-state index in [1.165, 1.54) is 71.1 Å². The highest BCUT2D eigenvalue weighted by molar-refractivity contribution is 7.48. The minimum atomic E-state index is -3.51. The molecule has 1 amide bonds. The molecule has 0 unspecified atom stereocenters. The van der Waals surface area contributed by atoms with Gasteiger partial charge < -0.3 is 10.1 Å². The number of methoxy groups -OCH3 is 1. The molecule has 0 saturated carbocycles. The largest absolute Gasteiger partial charge is 0.475 e. The maximum absolute atomic E-state index is 12.2. The van der Waals surface area contributed by atoms with Gasteiger partial charge in [0.2, 0.25) is 5.91 Å². The van der Waals surface area contributed by atoms with Crippen LogP contribution in [0.3, 0.4) is 0 Å². The fourth-order valence-electron chi connectivity index (χ4n) is 3.59. The summed E-state index contributed by atoms with van der Waals surface area (Å²) in [4.78, 5) is 11.6. The number of unbranched alkanes of at least 4 members (excludes halogenated alkanes) is 11. The van der Waals surface area contributed by atoms with Crippen molar-refractivity contribution in [2.75, 3.05) is 26.9 Å². The van der Waals surface area contributed by atoms with Crippen LogP contribution in [0, 0.1) is 0 Å². The molecule has 0 aromatic heterocycles. The standard InChI is InChI=1S/C23H44NO6P/c1-4-5-6-7-8-9-10-11-12-13-14-15-16-17-23(27-3)22(24-21(2)25)20-30-31(26)28-18-19-29-31/h16-17,22-23H,4-15,18-20H2,1-3H3,(H,24,25)/b17-16+/t22-,23+/m0/s1. The molecule has 0 spiro atoms. The SMILES string of the molecule is CCCCCCCCCCCCC/C=C/[C@@H](OC)[C@H](COP1(=O)OCCO1)NC(C)=O. The maximum atomic E-state index is 12.2. The number of hydrogen-bond acceptors (Lipinski definition) is 6.